The molecule has 0 fully saturated rings. The van der Waals surface area contributed by atoms with Crippen molar-refractivity contribution < 1.29 is 27.0 Å². The summed E-state index contributed by atoms with van der Waals surface area (Å²) in [6, 6.07) is 0. The maximum atomic E-state index is 2.21. The van der Waals surface area contributed by atoms with Gasteiger partial charge in [-0.1, -0.05) is 13.3 Å². The molecule has 0 saturated heterocycles. The number of unbranched alkanes of at least 4 members (excludes halogenated alkanes) is 1. The van der Waals surface area contributed by atoms with Crippen molar-refractivity contribution in [2.75, 3.05) is 0 Å². The van der Waals surface area contributed by atoms with E-state index in [1.807, 2.05) is 7.05 Å². The molecule has 1 heterocycles. The molecule has 3 nitrogen and oxygen atoms in total. The van der Waals surface area contributed by atoms with Gasteiger partial charge in [0.05, 0.1) is 13.6 Å². The summed E-state index contributed by atoms with van der Waals surface area (Å²) >= 11 is 0. The average molecular weight is 237 g/mol. The second-order valence-corrected chi connectivity index (χ2v) is 2.67. The van der Waals surface area contributed by atoms with E-state index >= 15 is 0 Å². The number of nitrogens with zero attached hydrogens (tertiary/aromatic N) is 2. The van der Waals surface area contributed by atoms with Crippen LogP contribution in [0.2, 0.25) is 0 Å². The fourth-order valence-electron chi connectivity index (χ4n) is 0.975. The SMILES string of the molecule is CCCCn1cc[n+](C)c1.O.[Br-]. The van der Waals surface area contributed by atoms with E-state index in [0.717, 1.165) is 6.54 Å². The number of halogens is 1. The van der Waals surface area contributed by atoms with Crippen molar-refractivity contribution >= 4 is 0 Å². The maximum Gasteiger partial charge on any atom is 0.243 e. The monoisotopic (exact) mass is 236 g/mol. The van der Waals surface area contributed by atoms with Crippen molar-refractivity contribution in [3.8, 4) is 0 Å². The lowest BCUT2D eigenvalue weighted by Crippen LogP contribution is -3.00. The first-order chi connectivity index (χ1) is 4.83. The van der Waals surface area contributed by atoms with Gasteiger partial charge in [0.2, 0.25) is 6.33 Å². The van der Waals surface area contributed by atoms with Gasteiger partial charge in [0.25, 0.3) is 0 Å². The zero-order valence-electron chi connectivity index (χ0n) is 7.63. The first kappa shape index (κ1) is 14.2. The van der Waals surface area contributed by atoms with Gasteiger partial charge in [-0.05, 0) is 6.42 Å². The van der Waals surface area contributed by atoms with Crippen molar-refractivity contribution in [2.24, 2.45) is 7.05 Å². The third-order valence-electron chi connectivity index (χ3n) is 1.59. The number of hydrogen-bond acceptors (Lipinski definition) is 0. The molecule has 0 unspecified atom stereocenters. The molecule has 1 aromatic heterocycles. The summed E-state index contributed by atoms with van der Waals surface area (Å²) in [7, 11) is 2.04. The maximum absolute atomic E-state index is 2.21. The van der Waals surface area contributed by atoms with E-state index in [1.54, 1.807) is 0 Å². The first-order valence-corrected chi connectivity index (χ1v) is 3.84. The molecule has 0 aromatic carbocycles. The summed E-state index contributed by atoms with van der Waals surface area (Å²) in [5.74, 6) is 0. The lowest BCUT2D eigenvalue weighted by atomic mass is 10.3. The van der Waals surface area contributed by atoms with Crippen molar-refractivity contribution in [3.05, 3.63) is 18.7 Å². The minimum absolute atomic E-state index is 0. The number of hydrogen-bond donors (Lipinski definition) is 0. The van der Waals surface area contributed by atoms with E-state index in [0.29, 0.717) is 0 Å². The smallest absolute Gasteiger partial charge is 0.243 e. The van der Waals surface area contributed by atoms with Gasteiger partial charge in [0.1, 0.15) is 12.4 Å². The summed E-state index contributed by atoms with van der Waals surface area (Å²) in [6.07, 6.45) is 8.82. The minimum atomic E-state index is 0. The van der Waals surface area contributed by atoms with Crippen LogP contribution in [0, 0.1) is 0 Å². The Morgan fingerprint density at radius 3 is 2.50 bits per heavy atom. The number of imidazole rings is 1. The summed E-state index contributed by atoms with van der Waals surface area (Å²) in [5, 5.41) is 0. The standard InChI is InChI=1S/C8H15N2.BrH.H2O/c1-3-4-5-10-7-6-9(2)8-10;;/h6-8H,3-5H2,1-2H3;1H;1H2/q+1;;/p-1. The molecule has 0 saturated carbocycles. The molecule has 72 valence electrons. The van der Waals surface area contributed by atoms with Crippen LogP contribution in [-0.4, -0.2) is 10.0 Å². The molecular weight excluding hydrogens is 220 g/mol. The fraction of sp³-hybridized carbons (Fsp3) is 0.625. The quantitative estimate of drug-likeness (QED) is 0.513. The lowest BCUT2D eigenvalue weighted by molar-refractivity contribution is -0.671. The predicted octanol–water partition coefficient (Wildman–Crippen LogP) is -2.71. The molecule has 0 aliphatic rings. The van der Waals surface area contributed by atoms with E-state index in [9.17, 15) is 0 Å². The molecule has 0 aliphatic carbocycles. The van der Waals surface area contributed by atoms with Gasteiger partial charge < -0.3 is 22.5 Å². The van der Waals surface area contributed by atoms with Gasteiger partial charge >= 0.3 is 0 Å². The second kappa shape index (κ2) is 7.31. The molecule has 0 atom stereocenters. The molecule has 1 rings (SSSR count). The molecule has 0 spiro atoms. The van der Waals surface area contributed by atoms with E-state index in [-0.39, 0.29) is 22.5 Å². The summed E-state index contributed by atoms with van der Waals surface area (Å²) in [6.45, 7) is 3.36. The molecule has 1 aromatic rings. The van der Waals surface area contributed by atoms with Gasteiger partial charge in [-0.25, -0.2) is 9.13 Å². The Kier molecular flexibility index (Phi) is 8.64. The molecule has 0 bridgehead atoms. The van der Waals surface area contributed by atoms with Crippen LogP contribution in [0.15, 0.2) is 18.7 Å². The number of aromatic nitrogens is 2. The Bertz CT molecular complexity index is 201. The van der Waals surface area contributed by atoms with Crippen LogP contribution in [0.25, 0.3) is 0 Å². The number of rotatable bonds is 3. The molecule has 0 aliphatic heterocycles. The van der Waals surface area contributed by atoms with Gasteiger partial charge in [-0.2, -0.15) is 0 Å². The van der Waals surface area contributed by atoms with Gasteiger partial charge in [0, 0.05) is 0 Å². The Morgan fingerprint density at radius 2 is 2.08 bits per heavy atom. The van der Waals surface area contributed by atoms with Crippen LogP contribution in [0.1, 0.15) is 19.8 Å². The Balaban J connectivity index is 0. The molecule has 4 heteroatoms. The highest BCUT2D eigenvalue weighted by atomic mass is 79.9. The largest absolute Gasteiger partial charge is 1.00 e. The molecule has 12 heavy (non-hydrogen) atoms. The predicted molar refractivity (Wildman–Crippen MR) is 44.1 cm³/mol. The van der Waals surface area contributed by atoms with Crippen LogP contribution in [0.3, 0.4) is 0 Å². The second-order valence-electron chi connectivity index (χ2n) is 2.67. The first-order valence-electron chi connectivity index (χ1n) is 3.84. The van der Waals surface area contributed by atoms with Crippen LogP contribution in [-0.2, 0) is 13.6 Å². The van der Waals surface area contributed by atoms with Crippen LogP contribution in [0.4, 0.5) is 0 Å². The molecular formula is C8H17BrN2O. The zero-order chi connectivity index (χ0) is 7.40. The highest BCUT2D eigenvalue weighted by Gasteiger charge is 1.96. The van der Waals surface area contributed by atoms with Crippen LogP contribution >= 0.6 is 0 Å². The van der Waals surface area contributed by atoms with E-state index in [2.05, 4.69) is 34.8 Å². The van der Waals surface area contributed by atoms with Crippen molar-refractivity contribution in [1.29, 1.82) is 0 Å². The topological polar surface area (TPSA) is 40.3 Å². The average Bonchev–Trinajstić information content (AvgIpc) is 2.31. The van der Waals surface area contributed by atoms with Gasteiger partial charge in [-0.3, -0.25) is 0 Å². The third-order valence-corrected chi connectivity index (χ3v) is 1.59. The summed E-state index contributed by atoms with van der Waals surface area (Å²) in [5.41, 5.74) is 0. The molecule has 2 N–H and O–H groups in total. The summed E-state index contributed by atoms with van der Waals surface area (Å²) in [4.78, 5) is 0. The summed E-state index contributed by atoms with van der Waals surface area (Å²) < 4.78 is 4.28. The van der Waals surface area contributed by atoms with E-state index in [4.69, 9.17) is 0 Å². The van der Waals surface area contributed by atoms with Crippen molar-refractivity contribution in [2.45, 2.75) is 26.3 Å². The fourth-order valence-corrected chi connectivity index (χ4v) is 0.975. The highest BCUT2D eigenvalue weighted by Crippen LogP contribution is 1.91. The van der Waals surface area contributed by atoms with Crippen LogP contribution < -0.4 is 21.5 Å². The zero-order valence-corrected chi connectivity index (χ0v) is 9.21. The van der Waals surface area contributed by atoms with E-state index in [1.165, 1.54) is 12.8 Å². The Hall–Kier alpha value is -0.350. The third kappa shape index (κ3) is 4.51. The van der Waals surface area contributed by atoms with E-state index < -0.39 is 0 Å². The number of aryl methyl sites for hydroxylation is 2. The van der Waals surface area contributed by atoms with Gasteiger partial charge in [0.15, 0.2) is 0 Å². The lowest BCUT2D eigenvalue weighted by Gasteiger charge is -1.90. The van der Waals surface area contributed by atoms with Crippen molar-refractivity contribution in [3.63, 3.8) is 0 Å². The normalized spacial score (nSPS) is 8.50. The minimum Gasteiger partial charge on any atom is -1.00 e. The Morgan fingerprint density at radius 1 is 1.42 bits per heavy atom. The Labute approximate surface area is 84.1 Å². The van der Waals surface area contributed by atoms with Crippen LogP contribution in [0.5, 0.6) is 0 Å². The van der Waals surface area contributed by atoms with Crippen molar-refractivity contribution in [1.82, 2.24) is 4.57 Å². The molecule has 0 amide bonds. The molecule has 0 radical (unpaired) electrons. The highest BCUT2D eigenvalue weighted by molar-refractivity contribution is 4.65. The van der Waals surface area contributed by atoms with Gasteiger partial charge in [-0.15, -0.1) is 0 Å².